The second-order valence-electron chi connectivity index (χ2n) is 1.29. The van der Waals surface area contributed by atoms with Crippen LogP contribution >= 0.6 is 0 Å². The molecule has 72 valence electrons. The molecule has 0 heterocycles. The third-order valence-corrected chi connectivity index (χ3v) is 0.464. The van der Waals surface area contributed by atoms with E-state index < -0.39 is 0 Å². The first-order chi connectivity index (χ1) is 4.22. The largest absolute Gasteiger partial charge is 1.00 e. The summed E-state index contributed by atoms with van der Waals surface area (Å²) in [4.78, 5) is 9.94. The van der Waals surface area contributed by atoms with E-state index in [0.717, 1.165) is 6.54 Å². The first kappa shape index (κ1) is 22.4. The standard InChI is InChI=1S/C3H8N2O.C2H7N.2ClH/c1-5-3(6)2-4;1-2-3;;/h2,4H2,1H3,(H,5,6);2-3H2,1H3;2*1H/p-2. The Balaban J connectivity index is -0.0000000437. The molecule has 0 fully saturated rings. The molecule has 0 aliphatic rings. The Labute approximate surface area is 79.9 Å². The Hall–Kier alpha value is -0.0300. The van der Waals surface area contributed by atoms with E-state index in [1.807, 2.05) is 6.92 Å². The summed E-state index contributed by atoms with van der Waals surface area (Å²) >= 11 is 0. The van der Waals surface area contributed by atoms with Crippen LogP contribution in [-0.4, -0.2) is 26.0 Å². The van der Waals surface area contributed by atoms with Crippen LogP contribution in [-0.2, 0) is 4.79 Å². The fourth-order valence-corrected chi connectivity index (χ4v) is 0.102. The molecular weight excluding hydrogens is 189 g/mol. The van der Waals surface area contributed by atoms with E-state index in [9.17, 15) is 4.79 Å². The molecule has 5 N–H and O–H groups in total. The molecule has 0 aromatic rings. The van der Waals surface area contributed by atoms with Crippen molar-refractivity contribution in [2.75, 3.05) is 20.1 Å². The minimum absolute atomic E-state index is 0. The number of rotatable bonds is 1. The number of hydrogen-bond acceptors (Lipinski definition) is 3. The van der Waals surface area contributed by atoms with Crippen molar-refractivity contribution in [1.29, 1.82) is 0 Å². The van der Waals surface area contributed by atoms with Crippen LogP contribution in [0.2, 0.25) is 0 Å². The molecule has 4 nitrogen and oxygen atoms in total. The van der Waals surface area contributed by atoms with E-state index in [1.54, 1.807) is 7.05 Å². The zero-order chi connectivity index (χ0) is 7.70. The summed E-state index contributed by atoms with van der Waals surface area (Å²) in [5, 5.41) is 2.35. The van der Waals surface area contributed by atoms with Gasteiger partial charge in [0.05, 0.1) is 6.54 Å². The monoisotopic (exact) mass is 203 g/mol. The Kier molecular flexibility index (Phi) is 45.9. The molecule has 0 saturated heterocycles. The van der Waals surface area contributed by atoms with Crippen LogP contribution in [0.25, 0.3) is 0 Å². The molecule has 0 radical (unpaired) electrons. The molecule has 0 saturated carbocycles. The second-order valence-corrected chi connectivity index (χ2v) is 1.29. The highest BCUT2D eigenvalue weighted by Crippen LogP contribution is 1.46. The average Bonchev–Trinajstić information content (AvgIpc) is 1.88. The van der Waals surface area contributed by atoms with Crippen LogP contribution in [0, 0.1) is 0 Å². The first-order valence-corrected chi connectivity index (χ1v) is 2.83. The zero-order valence-corrected chi connectivity index (χ0v) is 8.24. The van der Waals surface area contributed by atoms with Gasteiger partial charge in [0.15, 0.2) is 0 Å². The molecule has 0 aromatic carbocycles. The minimum atomic E-state index is -0.130. The molecule has 1 amide bonds. The van der Waals surface area contributed by atoms with Crippen molar-refractivity contribution < 1.29 is 29.6 Å². The number of likely N-dealkylation sites (N-methyl/N-ethyl adjacent to an activating group) is 1. The molecule has 0 aliphatic carbocycles. The number of nitrogens with two attached hydrogens (primary N) is 2. The van der Waals surface area contributed by atoms with Gasteiger partial charge < -0.3 is 41.6 Å². The Morgan fingerprint density at radius 3 is 1.64 bits per heavy atom. The van der Waals surface area contributed by atoms with E-state index in [-0.39, 0.29) is 37.3 Å². The average molecular weight is 204 g/mol. The highest BCUT2D eigenvalue weighted by atomic mass is 35.5. The van der Waals surface area contributed by atoms with Crippen molar-refractivity contribution in [2.24, 2.45) is 11.5 Å². The maximum Gasteiger partial charge on any atom is 0.233 e. The minimum Gasteiger partial charge on any atom is -1.00 e. The van der Waals surface area contributed by atoms with E-state index in [0.29, 0.717) is 0 Å². The van der Waals surface area contributed by atoms with Crippen LogP contribution in [0.4, 0.5) is 0 Å². The third-order valence-electron chi connectivity index (χ3n) is 0.464. The maximum atomic E-state index is 9.94. The van der Waals surface area contributed by atoms with Gasteiger partial charge in [0.2, 0.25) is 5.91 Å². The molecule has 0 unspecified atom stereocenters. The lowest BCUT2D eigenvalue weighted by molar-refractivity contribution is -0.119. The Morgan fingerprint density at radius 2 is 1.64 bits per heavy atom. The van der Waals surface area contributed by atoms with Gasteiger partial charge in [0.25, 0.3) is 0 Å². The normalized spacial score (nSPS) is 5.82. The molecule has 0 spiro atoms. The number of nitrogens with one attached hydrogen (secondary N) is 1. The van der Waals surface area contributed by atoms with Crippen molar-refractivity contribution >= 4 is 5.91 Å². The molecule has 0 atom stereocenters. The van der Waals surface area contributed by atoms with Crippen molar-refractivity contribution in [3.8, 4) is 0 Å². The van der Waals surface area contributed by atoms with Crippen LogP contribution in [0.3, 0.4) is 0 Å². The second kappa shape index (κ2) is 22.5. The third kappa shape index (κ3) is 40.2. The lowest BCUT2D eigenvalue weighted by Gasteiger charge is -1.87. The van der Waals surface area contributed by atoms with Gasteiger partial charge in [-0.25, -0.2) is 0 Å². The summed E-state index contributed by atoms with van der Waals surface area (Å²) in [6.07, 6.45) is 0. The van der Waals surface area contributed by atoms with Gasteiger partial charge in [-0.1, -0.05) is 6.92 Å². The maximum absolute atomic E-state index is 9.94. The molecule has 0 bridgehead atoms. The Morgan fingerprint density at radius 1 is 1.36 bits per heavy atom. The molecule has 0 aromatic heterocycles. The van der Waals surface area contributed by atoms with E-state index in [1.165, 1.54) is 0 Å². The SMILES string of the molecule is CCN.CNC(=O)CN.[Cl-].[Cl-]. The lowest BCUT2D eigenvalue weighted by Crippen LogP contribution is -3.00. The topological polar surface area (TPSA) is 81.1 Å². The predicted octanol–water partition coefficient (Wildman–Crippen LogP) is -7.34. The molecule has 11 heavy (non-hydrogen) atoms. The smallest absolute Gasteiger partial charge is 0.233 e. The quantitative estimate of drug-likeness (QED) is 0.397. The highest BCUT2D eigenvalue weighted by Gasteiger charge is 1.84. The van der Waals surface area contributed by atoms with E-state index in [4.69, 9.17) is 11.5 Å². The van der Waals surface area contributed by atoms with Crippen molar-refractivity contribution in [3.05, 3.63) is 0 Å². The van der Waals surface area contributed by atoms with Gasteiger partial charge in [-0.15, -0.1) is 0 Å². The van der Waals surface area contributed by atoms with Crippen LogP contribution < -0.4 is 41.6 Å². The molecule has 0 rings (SSSR count). The van der Waals surface area contributed by atoms with Gasteiger partial charge >= 0.3 is 0 Å². The molecule has 6 heteroatoms. The lowest BCUT2D eigenvalue weighted by atomic mass is 10.6. The summed E-state index contributed by atoms with van der Waals surface area (Å²) in [5.41, 5.74) is 9.72. The summed E-state index contributed by atoms with van der Waals surface area (Å²) < 4.78 is 0. The predicted molar refractivity (Wildman–Crippen MR) is 37.8 cm³/mol. The van der Waals surface area contributed by atoms with Crippen LogP contribution in [0.15, 0.2) is 0 Å². The number of halogens is 2. The molecule has 0 aliphatic heterocycles. The van der Waals surface area contributed by atoms with Crippen molar-refractivity contribution in [3.63, 3.8) is 0 Å². The van der Waals surface area contributed by atoms with Gasteiger partial charge in [-0.2, -0.15) is 0 Å². The van der Waals surface area contributed by atoms with Crippen LogP contribution in [0.5, 0.6) is 0 Å². The van der Waals surface area contributed by atoms with Gasteiger partial charge in [0.1, 0.15) is 0 Å². The number of hydrogen-bond donors (Lipinski definition) is 3. The summed E-state index contributed by atoms with van der Waals surface area (Å²) in [6.45, 7) is 2.73. The first-order valence-electron chi connectivity index (χ1n) is 2.83. The van der Waals surface area contributed by atoms with E-state index in [2.05, 4.69) is 5.32 Å². The van der Waals surface area contributed by atoms with Gasteiger partial charge in [-0.05, 0) is 6.54 Å². The fourth-order valence-electron chi connectivity index (χ4n) is 0.102. The number of carbonyl (C=O) groups is 1. The van der Waals surface area contributed by atoms with E-state index >= 15 is 0 Å². The van der Waals surface area contributed by atoms with Crippen LogP contribution in [0.1, 0.15) is 6.92 Å². The van der Waals surface area contributed by atoms with Gasteiger partial charge in [0, 0.05) is 7.05 Å². The summed E-state index contributed by atoms with van der Waals surface area (Å²) in [5.74, 6) is -0.130. The van der Waals surface area contributed by atoms with Crippen molar-refractivity contribution in [2.45, 2.75) is 6.92 Å². The zero-order valence-electron chi connectivity index (χ0n) is 6.73. The number of carbonyl (C=O) groups excluding carboxylic acids is 1. The summed E-state index contributed by atoms with van der Waals surface area (Å²) in [6, 6.07) is 0. The van der Waals surface area contributed by atoms with Crippen molar-refractivity contribution in [1.82, 2.24) is 5.32 Å². The Bertz CT molecular complexity index is 66.7. The number of amides is 1. The molecular formula is C5H15Cl2N3O-2. The fraction of sp³-hybridized carbons (Fsp3) is 0.800. The highest BCUT2D eigenvalue weighted by molar-refractivity contribution is 5.77. The summed E-state index contributed by atoms with van der Waals surface area (Å²) in [7, 11) is 1.55. The van der Waals surface area contributed by atoms with Gasteiger partial charge in [-0.3, -0.25) is 4.79 Å².